The minimum Gasteiger partial charge on any atom is -0.471 e. The monoisotopic (exact) mass is 295 g/mol. The highest BCUT2D eigenvalue weighted by Crippen LogP contribution is 2.49. The molecule has 5 nitrogen and oxygen atoms in total. The first-order valence-corrected chi connectivity index (χ1v) is 7.57. The quantitative estimate of drug-likeness (QED) is 0.853. The smallest absolute Gasteiger partial charge is 0.238 e. The second-order valence-electron chi connectivity index (χ2n) is 5.94. The van der Waals surface area contributed by atoms with Crippen molar-refractivity contribution in [3.63, 3.8) is 0 Å². The lowest BCUT2D eigenvalue weighted by molar-refractivity contribution is -0.120. The van der Waals surface area contributed by atoms with Crippen LogP contribution < -0.4 is 9.64 Å². The molecular formula is C17H17N3O2. The Morgan fingerprint density at radius 2 is 2.18 bits per heavy atom. The fraction of sp³-hybridized carbons (Fsp3) is 0.353. The predicted molar refractivity (Wildman–Crippen MR) is 81.8 cm³/mol. The fourth-order valence-electron chi connectivity index (χ4n) is 3.10. The van der Waals surface area contributed by atoms with Gasteiger partial charge in [-0.25, -0.2) is 4.98 Å². The van der Waals surface area contributed by atoms with E-state index in [1.165, 1.54) is 0 Å². The molecule has 0 radical (unpaired) electrons. The van der Waals surface area contributed by atoms with Gasteiger partial charge < -0.3 is 9.64 Å². The first-order chi connectivity index (χ1) is 10.7. The molecule has 0 bridgehead atoms. The van der Waals surface area contributed by atoms with Crippen LogP contribution in [0, 0.1) is 5.92 Å². The summed E-state index contributed by atoms with van der Waals surface area (Å²) >= 11 is 0. The van der Waals surface area contributed by atoms with Crippen LogP contribution in [-0.4, -0.2) is 28.5 Å². The number of hydrogen-bond donors (Lipinski definition) is 0. The van der Waals surface area contributed by atoms with Gasteiger partial charge in [0.2, 0.25) is 11.8 Å². The predicted octanol–water partition coefficient (Wildman–Crippen LogP) is 2.39. The zero-order valence-electron chi connectivity index (χ0n) is 12.3. The van der Waals surface area contributed by atoms with Gasteiger partial charge in [-0.1, -0.05) is 6.07 Å². The number of pyridine rings is 2. The van der Waals surface area contributed by atoms with Crippen molar-refractivity contribution < 1.29 is 9.53 Å². The van der Waals surface area contributed by atoms with E-state index in [0.717, 1.165) is 17.7 Å². The van der Waals surface area contributed by atoms with Gasteiger partial charge in [-0.2, -0.15) is 0 Å². The summed E-state index contributed by atoms with van der Waals surface area (Å²) in [6.07, 6.45) is 6.16. The van der Waals surface area contributed by atoms with E-state index in [0.29, 0.717) is 18.3 Å². The Morgan fingerprint density at radius 1 is 1.32 bits per heavy atom. The van der Waals surface area contributed by atoms with Crippen molar-refractivity contribution in [2.45, 2.75) is 25.4 Å². The molecule has 1 aliphatic heterocycles. The van der Waals surface area contributed by atoms with Crippen molar-refractivity contribution in [2.75, 3.05) is 11.4 Å². The molecule has 1 unspecified atom stereocenters. The summed E-state index contributed by atoms with van der Waals surface area (Å²) < 4.78 is 5.71. The van der Waals surface area contributed by atoms with Gasteiger partial charge in [-0.15, -0.1) is 0 Å². The Labute approximate surface area is 129 Å². The Bertz CT molecular complexity index is 704. The topological polar surface area (TPSA) is 55.3 Å². The average Bonchev–Trinajstić information content (AvgIpc) is 3.35. The zero-order valence-corrected chi connectivity index (χ0v) is 12.3. The number of aromatic nitrogens is 2. The van der Waals surface area contributed by atoms with Crippen LogP contribution in [0.1, 0.15) is 24.8 Å². The molecule has 0 spiro atoms. The lowest BCUT2D eigenvalue weighted by Crippen LogP contribution is -2.43. The number of carbonyl (C=O) groups excluding carboxylic acids is 1. The number of nitrogens with zero attached hydrogens (tertiary/aromatic N) is 3. The molecule has 1 fully saturated rings. The first-order valence-electron chi connectivity index (χ1n) is 7.57. The molecule has 5 heteroatoms. The van der Waals surface area contributed by atoms with Gasteiger partial charge in [0.15, 0.2) is 0 Å². The fourth-order valence-corrected chi connectivity index (χ4v) is 3.10. The van der Waals surface area contributed by atoms with Gasteiger partial charge in [0, 0.05) is 24.5 Å². The van der Waals surface area contributed by atoms with E-state index in [4.69, 9.17) is 4.74 Å². The summed E-state index contributed by atoms with van der Waals surface area (Å²) in [5.41, 5.74) is 1.93. The lowest BCUT2D eigenvalue weighted by Gasteiger charge is -2.32. The summed E-state index contributed by atoms with van der Waals surface area (Å²) in [5.74, 6) is 1.05. The van der Waals surface area contributed by atoms with E-state index in [1.807, 2.05) is 42.3 Å². The first kappa shape index (κ1) is 13.2. The molecule has 4 rings (SSSR count). The Kier molecular flexibility index (Phi) is 3.06. The van der Waals surface area contributed by atoms with Crippen molar-refractivity contribution in [1.29, 1.82) is 0 Å². The van der Waals surface area contributed by atoms with Crippen molar-refractivity contribution >= 4 is 11.6 Å². The third-order valence-corrected chi connectivity index (χ3v) is 4.28. The van der Waals surface area contributed by atoms with Gasteiger partial charge >= 0.3 is 0 Å². The van der Waals surface area contributed by atoms with Crippen LogP contribution in [0.4, 0.5) is 5.69 Å². The summed E-state index contributed by atoms with van der Waals surface area (Å²) in [6, 6.07) is 7.70. The molecule has 22 heavy (non-hydrogen) atoms. The van der Waals surface area contributed by atoms with Gasteiger partial charge in [0.25, 0.3) is 0 Å². The number of carbonyl (C=O) groups is 1. The molecule has 2 aliphatic rings. The maximum Gasteiger partial charge on any atom is 0.238 e. The number of rotatable bonds is 2. The largest absolute Gasteiger partial charge is 0.471 e. The van der Waals surface area contributed by atoms with E-state index in [1.54, 1.807) is 12.4 Å². The summed E-state index contributed by atoms with van der Waals surface area (Å²) in [7, 11) is 0. The highest BCUT2D eigenvalue weighted by atomic mass is 16.5. The van der Waals surface area contributed by atoms with Gasteiger partial charge in [-0.05, 0) is 43.0 Å². The van der Waals surface area contributed by atoms with Crippen LogP contribution >= 0.6 is 0 Å². The third kappa shape index (κ3) is 2.22. The van der Waals surface area contributed by atoms with Crippen LogP contribution in [0.2, 0.25) is 0 Å². The van der Waals surface area contributed by atoms with Crippen molar-refractivity contribution in [3.8, 4) is 5.88 Å². The van der Waals surface area contributed by atoms with E-state index >= 15 is 0 Å². The molecule has 0 N–H and O–H groups in total. The minimum absolute atomic E-state index is 0.0399. The maximum absolute atomic E-state index is 12.9. The second-order valence-corrected chi connectivity index (χ2v) is 5.94. The summed E-state index contributed by atoms with van der Waals surface area (Å²) in [6.45, 7) is 2.54. The van der Waals surface area contributed by atoms with Gasteiger partial charge in [-0.3, -0.25) is 9.78 Å². The summed E-state index contributed by atoms with van der Waals surface area (Å²) in [5, 5.41) is 0. The molecule has 112 valence electrons. The van der Waals surface area contributed by atoms with Crippen LogP contribution in [-0.2, 0) is 4.79 Å². The molecule has 1 saturated carbocycles. The lowest BCUT2D eigenvalue weighted by atomic mass is 10.1. The molecular weight excluding hydrogens is 278 g/mol. The SMILES string of the molecule is CC1CN(C(=O)[C@@H]2C[C@H]2c2cccnc2)c2cccnc2O1. The van der Waals surface area contributed by atoms with Crippen LogP contribution in [0.3, 0.4) is 0 Å². The van der Waals surface area contributed by atoms with Gasteiger partial charge in [0.1, 0.15) is 11.8 Å². The van der Waals surface area contributed by atoms with E-state index in [9.17, 15) is 4.79 Å². The van der Waals surface area contributed by atoms with Crippen molar-refractivity contribution in [1.82, 2.24) is 9.97 Å². The number of hydrogen-bond acceptors (Lipinski definition) is 4. The highest BCUT2D eigenvalue weighted by molar-refractivity contribution is 5.98. The second kappa shape index (κ2) is 5.09. The van der Waals surface area contributed by atoms with E-state index < -0.39 is 0 Å². The number of amides is 1. The molecule has 1 amide bonds. The maximum atomic E-state index is 12.9. The zero-order chi connectivity index (χ0) is 15.1. The van der Waals surface area contributed by atoms with Crippen molar-refractivity contribution in [2.24, 2.45) is 5.92 Å². The third-order valence-electron chi connectivity index (χ3n) is 4.28. The molecule has 3 atom stereocenters. The van der Waals surface area contributed by atoms with Crippen LogP contribution in [0.25, 0.3) is 0 Å². The molecule has 2 aromatic rings. The van der Waals surface area contributed by atoms with Crippen molar-refractivity contribution in [3.05, 3.63) is 48.4 Å². The standard InChI is InChI=1S/C17H17N3O2/c1-11-10-20(15-5-3-7-19-16(15)22-11)17(21)14-8-13(14)12-4-2-6-18-9-12/h2-7,9,11,13-14H,8,10H2,1H3/t11?,13-,14+/m0/s1. The molecule has 3 heterocycles. The average molecular weight is 295 g/mol. The van der Waals surface area contributed by atoms with Crippen LogP contribution in [0.5, 0.6) is 5.88 Å². The number of anilines is 1. The molecule has 2 aromatic heterocycles. The highest BCUT2D eigenvalue weighted by Gasteiger charge is 2.47. The Balaban J connectivity index is 1.57. The van der Waals surface area contributed by atoms with E-state index in [-0.39, 0.29) is 17.9 Å². The minimum atomic E-state index is -0.0399. The summed E-state index contributed by atoms with van der Waals surface area (Å²) in [4.78, 5) is 23.1. The van der Waals surface area contributed by atoms with Gasteiger partial charge in [0.05, 0.1) is 6.54 Å². The number of ether oxygens (including phenoxy) is 1. The normalized spacial score (nSPS) is 26.0. The Hall–Kier alpha value is -2.43. The molecule has 0 saturated heterocycles. The number of fused-ring (bicyclic) bond motifs is 1. The molecule has 1 aliphatic carbocycles. The Morgan fingerprint density at radius 3 is 3.00 bits per heavy atom. The van der Waals surface area contributed by atoms with Crippen LogP contribution in [0.15, 0.2) is 42.9 Å². The van der Waals surface area contributed by atoms with E-state index in [2.05, 4.69) is 9.97 Å². The molecule has 0 aromatic carbocycles.